The second kappa shape index (κ2) is 13.9. The number of ether oxygens (including phenoxy) is 2. The number of hydrogen-bond donors (Lipinski definition) is 0. The third kappa shape index (κ3) is 9.43. The summed E-state index contributed by atoms with van der Waals surface area (Å²) in [6, 6.07) is 7.99. The molecule has 2 atom stereocenters. The summed E-state index contributed by atoms with van der Waals surface area (Å²) in [7, 11) is -4.24. The molecule has 0 saturated heterocycles. The second-order valence-corrected chi connectivity index (χ2v) is 24.0. The lowest BCUT2D eigenvalue weighted by Gasteiger charge is -2.37. The first-order valence-corrected chi connectivity index (χ1v) is 20.5. The monoisotopic (exact) mass is 648 g/mol. The van der Waals surface area contributed by atoms with Crippen LogP contribution in [0.25, 0.3) is 0 Å². The standard InChI is InChI=1S/C31H48N2O9Si2/c1-21(19-39-43(9,10)30(3,4)5)25-17-23(32(35)36)13-15-27(25)41-29(34)42-28-16-14-24(33(37)38)18-26(28)22(2)20-40-44(11,12)31(6,7)8/h13-18,21-22H,19-20H2,1-12H3. The third-order valence-electron chi connectivity index (χ3n) is 8.86. The van der Waals surface area contributed by atoms with Gasteiger partial charge in [0.25, 0.3) is 11.4 Å². The summed E-state index contributed by atoms with van der Waals surface area (Å²) >= 11 is 0. The van der Waals surface area contributed by atoms with E-state index in [9.17, 15) is 25.0 Å². The molecule has 2 unspecified atom stereocenters. The summed E-state index contributed by atoms with van der Waals surface area (Å²) in [5.74, 6) is -0.474. The zero-order valence-electron chi connectivity index (χ0n) is 28.1. The molecule has 44 heavy (non-hydrogen) atoms. The van der Waals surface area contributed by atoms with Crippen molar-refractivity contribution in [3.63, 3.8) is 0 Å². The fourth-order valence-electron chi connectivity index (χ4n) is 3.73. The van der Waals surface area contributed by atoms with Gasteiger partial charge in [-0.05, 0) is 48.4 Å². The van der Waals surface area contributed by atoms with Gasteiger partial charge >= 0.3 is 6.16 Å². The minimum atomic E-state index is -2.12. The molecule has 13 heteroatoms. The van der Waals surface area contributed by atoms with E-state index in [0.29, 0.717) is 11.1 Å². The Bertz CT molecular complexity index is 1260. The van der Waals surface area contributed by atoms with E-state index < -0.39 is 32.6 Å². The summed E-state index contributed by atoms with van der Waals surface area (Å²) in [6.45, 7) is 25.4. The van der Waals surface area contributed by atoms with Gasteiger partial charge in [0.1, 0.15) is 11.5 Å². The fraction of sp³-hybridized carbons (Fsp3) is 0.581. The van der Waals surface area contributed by atoms with Gasteiger partial charge in [0.2, 0.25) is 0 Å². The lowest BCUT2D eigenvalue weighted by atomic mass is 10.0. The average Bonchev–Trinajstić information content (AvgIpc) is 2.89. The number of nitrogens with zero attached hydrogens (tertiary/aromatic N) is 2. The zero-order valence-corrected chi connectivity index (χ0v) is 30.1. The predicted octanol–water partition coefficient (Wildman–Crippen LogP) is 9.33. The van der Waals surface area contributed by atoms with E-state index in [4.69, 9.17) is 18.3 Å². The molecule has 2 rings (SSSR count). The smallest absolute Gasteiger partial charge is 0.416 e. The SMILES string of the molecule is CC(CO[Si](C)(C)C(C)(C)C)c1cc([N+](=O)[O-])ccc1OC(=O)Oc1ccc([N+](=O)[O-])cc1C(C)CO[Si](C)(C)C(C)(C)C. The normalized spacial score (nSPS) is 14.1. The molecular weight excluding hydrogens is 601 g/mol. The van der Waals surface area contributed by atoms with Crippen molar-refractivity contribution in [1.29, 1.82) is 0 Å². The summed E-state index contributed by atoms with van der Waals surface area (Å²) in [5.41, 5.74) is 0.561. The lowest BCUT2D eigenvalue weighted by molar-refractivity contribution is -0.385. The number of nitro groups is 2. The van der Waals surface area contributed by atoms with Gasteiger partial charge < -0.3 is 18.3 Å². The van der Waals surface area contributed by atoms with Gasteiger partial charge in [-0.15, -0.1) is 0 Å². The largest absolute Gasteiger partial charge is 0.519 e. The highest BCUT2D eigenvalue weighted by molar-refractivity contribution is 6.74. The quantitative estimate of drug-likeness (QED) is 0.0723. The van der Waals surface area contributed by atoms with Crippen LogP contribution in [0, 0.1) is 20.2 Å². The number of rotatable bonds is 12. The maximum atomic E-state index is 13.1. The van der Waals surface area contributed by atoms with Crippen LogP contribution in [0.4, 0.5) is 16.2 Å². The van der Waals surface area contributed by atoms with E-state index in [0.717, 1.165) is 0 Å². The van der Waals surface area contributed by atoms with E-state index in [2.05, 4.69) is 67.7 Å². The van der Waals surface area contributed by atoms with Crippen LogP contribution in [0.3, 0.4) is 0 Å². The van der Waals surface area contributed by atoms with Crippen molar-refractivity contribution in [3.8, 4) is 11.5 Å². The Morgan fingerprint density at radius 1 is 0.705 bits per heavy atom. The molecule has 0 aliphatic rings. The van der Waals surface area contributed by atoms with Crippen LogP contribution in [0.1, 0.15) is 78.4 Å². The van der Waals surface area contributed by atoms with Gasteiger partial charge in [-0.3, -0.25) is 20.2 Å². The van der Waals surface area contributed by atoms with E-state index in [1.807, 2.05) is 13.8 Å². The first-order chi connectivity index (χ1) is 20.0. The Hall–Kier alpha value is -3.14. The topological polar surface area (TPSA) is 140 Å². The molecule has 0 bridgehead atoms. The molecule has 0 heterocycles. The number of carbonyl (C=O) groups is 1. The lowest BCUT2D eigenvalue weighted by Crippen LogP contribution is -2.41. The Labute approximate surface area is 262 Å². The fourth-order valence-corrected chi connectivity index (χ4v) is 5.93. The summed E-state index contributed by atoms with van der Waals surface area (Å²) in [4.78, 5) is 35.2. The molecule has 0 radical (unpaired) electrons. The van der Waals surface area contributed by atoms with E-state index >= 15 is 0 Å². The van der Waals surface area contributed by atoms with Crippen LogP contribution in [-0.2, 0) is 8.85 Å². The minimum absolute atomic E-state index is 0.0339. The molecule has 0 saturated carbocycles. The van der Waals surface area contributed by atoms with Crippen LogP contribution in [0.15, 0.2) is 36.4 Å². The van der Waals surface area contributed by atoms with Gasteiger partial charge in [0.05, 0.1) is 9.85 Å². The predicted molar refractivity (Wildman–Crippen MR) is 176 cm³/mol. The van der Waals surface area contributed by atoms with Crippen LogP contribution in [-0.4, -0.2) is 45.9 Å². The molecule has 0 spiro atoms. The maximum Gasteiger partial charge on any atom is 0.519 e. The first-order valence-electron chi connectivity index (χ1n) is 14.7. The highest BCUT2D eigenvalue weighted by Crippen LogP contribution is 2.40. The molecule has 0 amide bonds. The van der Waals surface area contributed by atoms with Crippen molar-refractivity contribution in [2.75, 3.05) is 13.2 Å². The van der Waals surface area contributed by atoms with Gasteiger partial charge in [0, 0.05) is 60.4 Å². The van der Waals surface area contributed by atoms with Crippen molar-refractivity contribution in [2.45, 2.75) is 103 Å². The van der Waals surface area contributed by atoms with Crippen molar-refractivity contribution < 1.29 is 33.0 Å². The van der Waals surface area contributed by atoms with E-state index in [1.165, 1.54) is 36.4 Å². The molecule has 2 aromatic rings. The molecular formula is C31H48N2O9Si2. The molecule has 2 aromatic carbocycles. The molecule has 0 N–H and O–H groups in total. The number of non-ortho nitro benzene ring substituents is 2. The Balaban J connectivity index is 2.36. The Kier molecular flexibility index (Phi) is 11.7. The minimum Gasteiger partial charge on any atom is -0.416 e. The van der Waals surface area contributed by atoms with Gasteiger partial charge in [-0.2, -0.15) is 0 Å². The van der Waals surface area contributed by atoms with Gasteiger partial charge in [0.15, 0.2) is 16.6 Å². The van der Waals surface area contributed by atoms with Crippen molar-refractivity contribution in [2.24, 2.45) is 0 Å². The van der Waals surface area contributed by atoms with Crippen LogP contribution in [0.2, 0.25) is 36.3 Å². The third-order valence-corrected chi connectivity index (χ3v) is 17.9. The summed E-state index contributed by atoms with van der Waals surface area (Å²) in [6.07, 6.45) is -1.08. The van der Waals surface area contributed by atoms with Gasteiger partial charge in [-0.25, -0.2) is 4.79 Å². The Morgan fingerprint density at radius 2 is 1.02 bits per heavy atom. The molecule has 0 aromatic heterocycles. The number of carbonyl (C=O) groups excluding carboxylic acids is 1. The molecule has 0 aliphatic heterocycles. The van der Waals surface area contributed by atoms with Crippen LogP contribution < -0.4 is 9.47 Å². The van der Waals surface area contributed by atoms with E-state index in [1.54, 1.807) is 0 Å². The van der Waals surface area contributed by atoms with Crippen molar-refractivity contribution >= 4 is 34.2 Å². The molecule has 244 valence electrons. The summed E-state index contributed by atoms with van der Waals surface area (Å²) in [5, 5.41) is 23.0. The highest BCUT2D eigenvalue weighted by atomic mass is 28.4. The first kappa shape index (κ1) is 37.1. The van der Waals surface area contributed by atoms with Crippen LogP contribution >= 0.6 is 0 Å². The Morgan fingerprint density at radius 3 is 1.30 bits per heavy atom. The molecule has 0 aliphatic carbocycles. The van der Waals surface area contributed by atoms with Crippen LogP contribution in [0.5, 0.6) is 11.5 Å². The number of nitro benzene ring substituents is 2. The number of hydrogen-bond acceptors (Lipinski definition) is 9. The molecule has 11 nitrogen and oxygen atoms in total. The van der Waals surface area contributed by atoms with Gasteiger partial charge in [-0.1, -0.05) is 55.4 Å². The van der Waals surface area contributed by atoms with E-state index in [-0.39, 0.29) is 58.0 Å². The van der Waals surface area contributed by atoms with Crippen molar-refractivity contribution in [1.82, 2.24) is 0 Å². The highest BCUT2D eigenvalue weighted by Gasteiger charge is 2.39. The van der Waals surface area contributed by atoms with Crippen molar-refractivity contribution in [3.05, 3.63) is 67.8 Å². The zero-order chi connectivity index (χ0) is 33.8. The number of benzene rings is 2. The molecule has 0 fully saturated rings. The summed E-state index contributed by atoms with van der Waals surface area (Å²) < 4.78 is 23.9. The maximum absolute atomic E-state index is 13.1. The second-order valence-electron chi connectivity index (χ2n) is 14.4. The average molecular weight is 649 g/mol.